The van der Waals surface area contributed by atoms with Gasteiger partial charge in [-0.1, -0.05) is 42.5 Å². The van der Waals surface area contributed by atoms with E-state index in [-0.39, 0.29) is 18.5 Å². The number of nitrogens with one attached hydrogen (secondary N) is 2. The van der Waals surface area contributed by atoms with Crippen LogP contribution >= 0.6 is 0 Å². The normalized spacial score (nSPS) is 16.2. The zero-order valence-corrected chi connectivity index (χ0v) is 14.4. The van der Waals surface area contributed by atoms with Gasteiger partial charge in [0.15, 0.2) is 0 Å². The van der Waals surface area contributed by atoms with Crippen LogP contribution in [0.25, 0.3) is 0 Å². The molecule has 0 heterocycles. The van der Waals surface area contributed by atoms with Gasteiger partial charge in [-0.3, -0.25) is 15.0 Å². The van der Waals surface area contributed by atoms with E-state index in [0.717, 1.165) is 19.3 Å². The molecule has 0 spiro atoms. The molecule has 2 aromatic rings. The third kappa shape index (κ3) is 4.45. The maximum atomic E-state index is 12.2. The van der Waals surface area contributed by atoms with Gasteiger partial charge in [-0.25, -0.2) is 4.79 Å². The van der Waals surface area contributed by atoms with Crippen molar-refractivity contribution in [2.45, 2.75) is 25.3 Å². The van der Waals surface area contributed by atoms with Crippen LogP contribution in [-0.2, 0) is 11.2 Å². The maximum Gasteiger partial charge on any atom is 0.325 e. The minimum Gasteiger partial charge on any atom is -0.308 e. The lowest BCUT2D eigenvalue weighted by molar-refractivity contribution is -0.121. The number of rotatable bonds is 4. The Hall–Kier alpha value is -2.66. The summed E-state index contributed by atoms with van der Waals surface area (Å²) < 4.78 is 0. The van der Waals surface area contributed by atoms with Gasteiger partial charge >= 0.3 is 6.03 Å². The van der Waals surface area contributed by atoms with E-state index in [4.69, 9.17) is 0 Å². The van der Waals surface area contributed by atoms with Crippen LogP contribution in [0.15, 0.2) is 54.6 Å². The molecule has 2 N–H and O–H groups in total. The van der Waals surface area contributed by atoms with Crippen LogP contribution in [0.4, 0.5) is 10.5 Å². The predicted molar refractivity (Wildman–Crippen MR) is 98.4 cm³/mol. The quantitative estimate of drug-likeness (QED) is 0.899. The lowest BCUT2D eigenvalue weighted by Crippen LogP contribution is -2.42. The number of imide groups is 1. The number of benzene rings is 2. The smallest absolute Gasteiger partial charge is 0.308 e. The van der Waals surface area contributed by atoms with Crippen molar-refractivity contribution < 1.29 is 9.59 Å². The van der Waals surface area contributed by atoms with Crippen LogP contribution in [-0.4, -0.2) is 30.4 Å². The number of carbonyl (C=O) groups excluding carboxylic acids is 2. The lowest BCUT2D eigenvalue weighted by Gasteiger charge is -2.32. The van der Waals surface area contributed by atoms with E-state index in [1.807, 2.05) is 36.2 Å². The first-order valence-electron chi connectivity index (χ1n) is 8.57. The van der Waals surface area contributed by atoms with Crippen LogP contribution in [0.2, 0.25) is 0 Å². The highest BCUT2D eigenvalue weighted by Crippen LogP contribution is 2.33. The summed E-state index contributed by atoms with van der Waals surface area (Å²) in [6.45, 7) is 0.182. The molecule has 5 heteroatoms. The highest BCUT2D eigenvalue weighted by Gasteiger charge is 2.24. The molecule has 0 radical (unpaired) electrons. The van der Waals surface area contributed by atoms with Gasteiger partial charge in [0.1, 0.15) is 0 Å². The average Bonchev–Trinajstić information content (AvgIpc) is 2.61. The van der Waals surface area contributed by atoms with Gasteiger partial charge in [0.05, 0.1) is 6.54 Å². The Balaban J connectivity index is 1.55. The summed E-state index contributed by atoms with van der Waals surface area (Å²) in [5, 5.41) is 5.04. The van der Waals surface area contributed by atoms with Crippen molar-refractivity contribution in [3.8, 4) is 0 Å². The third-order valence-corrected chi connectivity index (χ3v) is 4.55. The van der Waals surface area contributed by atoms with Crippen molar-refractivity contribution in [2.24, 2.45) is 0 Å². The highest BCUT2D eigenvalue weighted by molar-refractivity contribution is 6.01. The van der Waals surface area contributed by atoms with Crippen molar-refractivity contribution in [3.63, 3.8) is 0 Å². The van der Waals surface area contributed by atoms with Crippen LogP contribution in [0, 0.1) is 0 Å². The minimum absolute atomic E-state index is 0.182. The Labute approximate surface area is 148 Å². The molecule has 25 heavy (non-hydrogen) atoms. The van der Waals surface area contributed by atoms with Crippen molar-refractivity contribution in [2.75, 3.05) is 18.9 Å². The van der Waals surface area contributed by atoms with Crippen LogP contribution < -0.4 is 10.6 Å². The Morgan fingerprint density at radius 3 is 2.60 bits per heavy atom. The van der Waals surface area contributed by atoms with E-state index in [1.54, 1.807) is 12.1 Å². The highest BCUT2D eigenvalue weighted by atomic mass is 16.2. The van der Waals surface area contributed by atoms with E-state index in [2.05, 4.69) is 28.8 Å². The Bertz CT molecular complexity index is 746. The van der Waals surface area contributed by atoms with E-state index >= 15 is 0 Å². The number of carbonyl (C=O) groups is 2. The summed E-state index contributed by atoms with van der Waals surface area (Å²) in [7, 11) is 1.93. The summed E-state index contributed by atoms with van der Waals surface area (Å²) >= 11 is 0. The average molecular weight is 337 g/mol. The molecule has 0 saturated heterocycles. The number of hydrogen-bond acceptors (Lipinski definition) is 3. The SMILES string of the molecule is CN(CC(=O)NC(=O)Nc1ccccc1)[C@@H]1CCCc2ccccc21. The largest absolute Gasteiger partial charge is 0.325 e. The van der Waals surface area contributed by atoms with Crippen molar-refractivity contribution >= 4 is 17.6 Å². The molecular weight excluding hydrogens is 314 g/mol. The van der Waals surface area contributed by atoms with Gasteiger partial charge in [0, 0.05) is 11.7 Å². The van der Waals surface area contributed by atoms with E-state index in [1.165, 1.54) is 11.1 Å². The van der Waals surface area contributed by atoms with E-state index < -0.39 is 6.03 Å². The van der Waals surface area contributed by atoms with Crippen LogP contribution in [0.1, 0.15) is 30.0 Å². The van der Waals surface area contributed by atoms with Gasteiger partial charge in [-0.05, 0) is 49.6 Å². The molecule has 1 aliphatic rings. The topological polar surface area (TPSA) is 61.4 Å². The van der Waals surface area contributed by atoms with Crippen molar-refractivity contribution in [1.82, 2.24) is 10.2 Å². The number of para-hydroxylation sites is 1. The molecule has 0 fully saturated rings. The fourth-order valence-electron chi connectivity index (χ4n) is 3.37. The summed E-state index contributed by atoms with van der Waals surface area (Å²) in [6, 6.07) is 17.2. The van der Waals surface area contributed by atoms with Gasteiger partial charge in [-0.2, -0.15) is 0 Å². The second-order valence-corrected chi connectivity index (χ2v) is 6.39. The summed E-state index contributed by atoms with van der Waals surface area (Å²) in [4.78, 5) is 26.1. The first-order chi connectivity index (χ1) is 12.1. The number of anilines is 1. The number of amides is 3. The maximum absolute atomic E-state index is 12.2. The zero-order chi connectivity index (χ0) is 17.6. The van der Waals surface area contributed by atoms with Gasteiger partial charge in [0.2, 0.25) is 5.91 Å². The molecule has 0 saturated carbocycles. The van der Waals surface area contributed by atoms with Gasteiger partial charge < -0.3 is 5.32 Å². The third-order valence-electron chi connectivity index (χ3n) is 4.55. The number of nitrogens with zero attached hydrogens (tertiary/aromatic N) is 1. The molecule has 0 bridgehead atoms. The molecule has 2 aromatic carbocycles. The molecular formula is C20H23N3O2. The van der Waals surface area contributed by atoms with Gasteiger partial charge in [-0.15, -0.1) is 0 Å². The standard InChI is InChI=1S/C20H23N3O2/c1-23(18-13-7-9-15-8-5-6-12-17(15)18)14-19(24)22-20(25)21-16-10-3-2-4-11-16/h2-6,8,10-12,18H,7,9,13-14H2,1H3,(H2,21,22,24,25)/t18-/m1/s1. The van der Waals surface area contributed by atoms with E-state index in [0.29, 0.717) is 5.69 Å². The fraction of sp³-hybridized carbons (Fsp3) is 0.300. The van der Waals surface area contributed by atoms with Crippen molar-refractivity contribution in [3.05, 3.63) is 65.7 Å². The second kappa shape index (κ2) is 7.94. The van der Waals surface area contributed by atoms with Gasteiger partial charge in [0.25, 0.3) is 0 Å². The molecule has 3 amide bonds. The molecule has 0 aromatic heterocycles. The number of urea groups is 1. The zero-order valence-electron chi connectivity index (χ0n) is 14.4. The molecule has 130 valence electrons. The van der Waals surface area contributed by atoms with Crippen molar-refractivity contribution in [1.29, 1.82) is 0 Å². The monoisotopic (exact) mass is 337 g/mol. The van der Waals surface area contributed by atoms with E-state index in [9.17, 15) is 9.59 Å². The molecule has 1 atom stereocenters. The number of aryl methyl sites for hydroxylation is 1. The summed E-state index contributed by atoms with van der Waals surface area (Å²) in [5.74, 6) is -0.306. The number of likely N-dealkylation sites (N-methyl/N-ethyl adjacent to an activating group) is 1. The molecule has 5 nitrogen and oxygen atoms in total. The Morgan fingerprint density at radius 2 is 1.80 bits per heavy atom. The minimum atomic E-state index is -0.506. The lowest BCUT2D eigenvalue weighted by atomic mass is 9.87. The first kappa shape index (κ1) is 17.2. The molecule has 1 aliphatic carbocycles. The summed E-state index contributed by atoms with van der Waals surface area (Å²) in [6.07, 6.45) is 3.23. The predicted octanol–water partition coefficient (Wildman–Crippen LogP) is 3.34. The Morgan fingerprint density at radius 1 is 1.08 bits per heavy atom. The van der Waals surface area contributed by atoms with Crippen LogP contribution in [0.3, 0.4) is 0 Å². The molecule has 3 rings (SSSR count). The second-order valence-electron chi connectivity index (χ2n) is 6.39. The molecule has 0 aliphatic heterocycles. The fourth-order valence-corrected chi connectivity index (χ4v) is 3.37. The Kier molecular flexibility index (Phi) is 5.46. The number of fused-ring (bicyclic) bond motifs is 1. The molecule has 0 unspecified atom stereocenters. The number of hydrogen-bond donors (Lipinski definition) is 2. The first-order valence-corrected chi connectivity index (χ1v) is 8.57. The summed E-state index contributed by atoms with van der Waals surface area (Å²) in [5.41, 5.74) is 3.30. The van der Waals surface area contributed by atoms with Crippen LogP contribution in [0.5, 0.6) is 0 Å².